The van der Waals surface area contributed by atoms with Crippen LogP contribution in [0.4, 0.5) is 4.39 Å². The molecule has 76 valence electrons. The second-order valence-corrected chi connectivity index (χ2v) is 5.28. The Balaban J connectivity index is 2.03. The van der Waals surface area contributed by atoms with Gasteiger partial charge >= 0.3 is 0 Å². The lowest BCUT2D eigenvalue weighted by Gasteiger charge is -2.12. The number of hydrogen-bond donors (Lipinski definition) is 0. The number of halogens is 2. The van der Waals surface area contributed by atoms with Crippen LogP contribution in [0.5, 0.6) is 0 Å². The summed E-state index contributed by atoms with van der Waals surface area (Å²) in [6.45, 7) is 0. The molecule has 0 amide bonds. The Hall–Kier alpha value is -0.210. The smallest absolute Gasteiger partial charge is 0.123 e. The monoisotopic (exact) mass is 230 g/mol. The van der Waals surface area contributed by atoms with Crippen molar-refractivity contribution >= 4 is 23.4 Å². The second-order valence-electron chi connectivity index (χ2n) is 3.65. The average Bonchev–Trinajstić information content (AvgIpc) is 2.52. The lowest BCUT2D eigenvalue weighted by atomic mass is 9.98. The molecule has 0 nitrogen and oxygen atoms in total. The number of alkyl halides is 1. The van der Waals surface area contributed by atoms with Crippen molar-refractivity contribution in [2.24, 2.45) is 5.92 Å². The molecule has 1 aromatic carbocycles. The highest BCUT2D eigenvalue weighted by Gasteiger charge is 2.25. The fourth-order valence-corrected chi connectivity index (χ4v) is 3.56. The zero-order valence-corrected chi connectivity index (χ0v) is 9.32. The highest BCUT2D eigenvalue weighted by atomic mass is 35.5. The van der Waals surface area contributed by atoms with E-state index in [1.807, 2.05) is 17.8 Å². The maximum atomic E-state index is 12.9. The van der Waals surface area contributed by atoms with Crippen molar-refractivity contribution in [1.29, 1.82) is 0 Å². The second kappa shape index (κ2) is 4.54. The summed E-state index contributed by atoms with van der Waals surface area (Å²) in [7, 11) is 0. The van der Waals surface area contributed by atoms with E-state index in [9.17, 15) is 4.39 Å². The molecule has 0 bridgehead atoms. The van der Waals surface area contributed by atoms with Gasteiger partial charge in [0, 0.05) is 11.1 Å². The Morgan fingerprint density at radius 2 is 2.29 bits per heavy atom. The summed E-state index contributed by atoms with van der Waals surface area (Å²) in [5.41, 5.74) is 1.06. The van der Waals surface area contributed by atoms with Crippen LogP contribution >= 0.6 is 23.4 Å². The molecule has 1 aliphatic rings. The Kier molecular flexibility index (Phi) is 3.34. The summed E-state index contributed by atoms with van der Waals surface area (Å²) in [4.78, 5) is 0. The Morgan fingerprint density at radius 3 is 2.93 bits per heavy atom. The minimum atomic E-state index is -0.153. The van der Waals surface area contributed by atoms with E-state index in [2.05, 4.69) is 0 Å². The summed E-state index contributed by atoms with van der Waals surface area (Å²) >= 11 is 8.04. The molecule has 0 aliphatic carbocycles. The predicted octanol–water partition coefficient (Wildman–Crippen LogP) is 3.34. The fourth-order valence-electron chi connectivity index (χ4n) is 1.73. The number of rotatable bonds is 2. The number of thioether (sulfide) groups is 1. The predicted molar refractivity (Wildman–Crippen MR) is 60.6 cm³/mol. The van der Waals surface area contributed by atoms with E-state index in [0.29, 0.717) is 5.92 Å². The molecule has 3 heteroatoms. The molecule has 0 N–H and O–H groups in total. The Labute approximate surface area is 92.8 Å². The topological polar surface area (TPSA) is 0 Å². The van der Waals surface area contributed by atoms with E-state index in [1.54, 1.807) is 12.1 Å². The summed E-state index contributed by atoms with van der Waals surface area (Å²) in [6.07, 6.45) is 0.902. The third kappa shape index (κ3) is 2.43. The van der Waals surface area contributed by atoms with Crippen molar-refractivity contribution in [2.75, 3.05) is 11.5 Å². The summed E-state index contributed by atoms with van der Waals surface area (Å²) < 4.78 is 12.9. The minimum Gasteiger partial charge on any atom is -0.207 e. The molecule has 1 aliphatic heterocycles. The normalized spacial score (nSPS) is 26.7. The Bertz CT molecular complexity index is 316. The molecule has 2 unspecified atom stereocenters. The van der Waals surface area contributed by atoms with Gasteiger partial charge in [0.15, 0.2) is 0 Å². The van der Waals surface area contributed by atoms with Gasteiger partial charge in [-0.05, 0) is 35.8 Å². The quantitative estimate of drug-likeness (QED) is 0.703. The lowest BCUT2D eigenvalue weighted by Crippen LogP contribution is -2.14. The molecule has 0 spiro atoms. The van der Waals surface area contributed by atoms with Crippen LogP contribution in [0.15, 0.2) is 24.3 Å². The van der Waals surface area contributed by atoms with Crippen LogP contribution in [0, 0.1) is 11.7 Å². The maximum absolute atomic E-state index is 12.9. The molecule has 0 saturated carbocycles. The lowest BCUT2D eigenvalue weighted by molar-refractivity contribution is 0.591. The van der Waals surface area contributed by atoms with Crippen LogP contribution in [-0.2, 0) is 6.42 Å². The van der Waals surface area contributed by atoms with Gasteiger partial charge in [-0.3, -0.25) is 0 Å². The first-order valence-electron chi connectivity index (χ1n) is 4.72. The van der Waals surface area contributed by atoms with Crippen LogP contribution in [0.3, 0.4) is 0 Å². The van der Waals surface area contributed by atoms with Gasteiger partial charge in [0.25, 0.3) is 0 Å². The van der Waals surface area contributed by atoms with E-state index < -0.39 is 0 Å². The molecular weight excluding hydrogens is 219 g/mol. The van der Waals surface area contributed by atoms with Gasteiger partial charge in [-0.2, -0.15) is 11.8 Å². The van der Waals surface area contributed by atoms with E-state index in [-0.39, 0.29) is 11.2 Å². The first kappa shape index (κ1) is 10.3. The van der Waals surface area contributed by atoms with Crippen molar-refractivity contribution in [3.63, 3.8) is 0 Å². The summed E-state index contributed by atoms with van der Waals surface area (Å²) in [5, 5.41) is 0.253. The van der Waals surface area contributed by atoms with E-state index in [4.69, 9.17) is 11.6 Å². The van der Waals surface area contributed by atoms with E-state index >= 15 is 0 Å². The van der Waals surface area contributed by atoms with Gasteiger partial charge < -0.3 is 0 Å². The summed E-state index contributed by atoms with van der Waals surface area (Å²) in [6, 6.07) is 6.81. The zero-order chi connectivity index (χ0) is 9.97. The third-order valence-electron chi connectivity index (χ3n) is 2.51. The van der Waals surface area contributed by atoms with Gasteiger partial charge in [-0.25, -0.2) is 4.39 Å². The molecule has 2 rings (SSSR count). The van der Waals surface area contributed by atoms with Gasteiger partial charge in [-0.1, -0.05) is 12.1 Å². The minimum absolute atomic E-state index is 0.153. The number of benzene rings is 1. The maximum Gasteiger partial charge on any atom is 0.123 e. The van der Waals surface area contributed by atoms with Crippen LogP contribution in [0.2, 0.25) is 0 Å². The Morgan fingerprint density at radius 1 is 1.43 bits per heavy atom. The average molecular weight is 231 g/mol. The van der Waals surface area contributed by atoms with Crippen LogP contribution < -0.4 is 0 Å². The fraction of sp³-hybridized carbons (Fsp3) is 0.455. The molecule has 1 saturated heterocycles. The molecule has 1 heterocycles. The molecule has 0 aromatic heterocycles. The van der Waals surface area contributed by atoms with Crippen molar-refractivity contribution in [2.45, 2.75) is 11.8 Å². The largest absolute Gasteiger partial charge is 0.207 e. The molecule has 1 aromatic rings. The van der Waals surface area contributed by atoms with Crippen molar-refractivity contribution in [3.8, 4) is 0 Å². The van der Waals surface area contributed by atoms with Gasteiger partial charge in [0.05, 0.1) is 0 Å². The molecule has 0 radical (unpaired) electrons. The van der Waals surface area contributed by atoms with Gasteiger partial charge in [0.2, 0.25) is 0 Å². The standard InChI is InChI=1S/C11H12ClFS/c12-11-7-14-6-9(11)4-8-2-1-3-10(13)5-8/h1-3,5,9,11H,4,6-7H2. The third-order valence-corrected chi connectivity index (χ3v) is 4.46. The van der Waals surface area contributed by atoms with Gasteiger partial charge in [0.1, 0.15) is 5.82 Å². The van der Waals surface area contributed by atoms with E-state index in [0.717, 1.165) is 23.5 Å². The zero-order valence-electron chi connectivity index (χ0n) is 7.75. The molecule has 2 atom stereocenters. The van der Waals surface area contributed by atoms with Crippen LogP contribution in [-0.4, -0.2) is 16.9 Å². The van der Waals surface area contributed by atoms with Crippen molar-refractivity contribution < 1.29 is 4.39 Å². The van der Waals surface area contributed by atoms with E-state index in [1.165, 1.54) is 6.07 Å². The van der Waals surface area contributed by atoms with Crippen molar-refractivity contribution in [1.82, 2.24) is 0 Å². The summed E-state index contributed by atoms with van der Waals surface area (Å²) in [5.74, 6) is 2.48. The van der Waals surface area contributed by atoms with Crippen molar-refractivity contribution in [3.05, 3.63) is 35.6 Å². The molecule has 14 heavy (non-hydrogen) atoms. The van der Waals surface area contributed by atoms with Gasteiger partial charge in [-0.15, -0.1) is 11.6 Å². The number of hydrogen-bond acceptors (Lipinski definition) is 1. The highest BCUT2D eigenvalue weighted by Crippen LogP contribution is 2.31. The molecular formula is C11H12ClFS. The highest BCUT2D eigenvalue weighted by molar-refractivity contribution is 7.99. The first-order valence-corrected chi connectivity index (χ1v) is 6.31. The van der Waals surface area contributed by atoms with Crippen LogP contribution in [0.1, 0.15) is 5.56 Å². The SMILES string of the molecule is Fc1cccc(CC2CSCC2Cl)c1. The first-order chi connectivity index (χ1) is 6.75. The van der Waals surface area contributed by atoms with Crippen LogP contribution in [0.25, 0.3) is 0 Å². The molecule has 1 fully saturated rings.